The highest BCUT2D eigenvalue weighted by molar-refractivity contribution is 6.32. The summed E-state index contributed by atoms with van der Waals surface area (Å²) in [5, 5.41) is 3.56. The van der Waals surface area contributed by atoms with Crippen molar-refractivity contribution in [2.24, 2.45) is 11.8 Å². The number of carbonyl (C=O) groups is 2. The van der Waals surface area contributed by atoms with Crippen LogP contribution >= 0.6 is 11.6 Å². The first-order valence-corrected chi connectivity index (χ1v) is 10.7. The highest BCUT2D eigenvalue weighted by Crippen LogP contribution is 2.42. The van der Waals surface area contributed by atoms with E-state index >= 15 is 0 Å². The Morgan fingerprint density at radius 1 is 1.23 bits per heavy atom. The summed E-state index contributed by atoms with van der Waals surface area (Å²) in [6, 6.07) is 9.95. The van der Waals surface area contributed by atoms with Crippen LogP contribution in [0.1, 0.15) is 29.5 Å². The molecule has 1 aliphatic carbocycles. The van der Waals surface area contributed by atoms with Crippen LogP contribution in [-0.2, 0) is 16.0 Å². The third-order valence-corrected chi connectivity index (χ3v) is 6.54. The van der Waals surface area contributed by atoms with E-state index in [9.17, 15) is 9.59 Å². The first-order valence-electron chi connectivity index (χ1n) is 10.3. The van der Waals surface area contributed by atoms with E-state index in [0.717, 1.165) is 41.2 Å². The fourth-order valence-corrected chi connectivity index (χ4v) is 4.91. The number of aromatic nitrogens is 1. The summed E-state index contributed by atoms with van der Waals surface area (Å²) < 4.78 is 0. The second kappa shape index (κ2) is 7.73. The lowest BCUT2D eigenvalue weighted by atomic mass is 9.98. The van der Waals surface area contributed by atoms with E-state index in [1.807, 2.05) is 35.2 Å². The number of rotatable bonds is 3. The minimum atomic E-state index is -0.000190. The molecule has 0 saturated carbocycles. The largest absolute Gasteiger partial charge is 0.338 e. The summed E-state index contributed by atoms with van der Waals surface area (Å²) in [6.45, 7) is 1.52. The molecule has 2 amide bonds. The molecule has 3 heterocycles. The van der Waals surface area contributed by atoms with Gasteiger partial charge in [-0.3, -0.25) is 9.59 Å². The summed E-state index contributed by atoms with van der Waals surface area (Å²) in [5.74, 6) is 1.51. The van der Waals surface area contributed by atoms with Crippen molar-refractivity contribution in [2.45, 2.75) is 19.3 Å². The van der Waals surface area contributed by atoms with Crippen LogP contribution in [0, 0.1) is 11.8 Å². The quantitative estimate of drug-likeness (QED) is 0.758. The van der Waals surface area contributed by atoms with E-state index in [0.29, 0.717) is 30.5 Å². The van der Waals surface area contributed by atoms with Gasteiger partial charge >= 0.3 is 0 Å². The molecular weight excluding hydrogens is 398 g/mol. The first kappa shape index (κ1) is 19.1. The Hall–Kier alpha value is -2.92. The maximum atomic E-state index is 12.7. The molecule has 1 aromatic carbocycles. The first-order chi connectivity index (χ1) is 14.6. The average Bonchev–Trinajstić information content (AvgIpc) is 3.31. The monoisotopic (exact) mass is 419 g/mol. The Bertz CT molecular complexity index is 1090. The average molecular weight is 420 g/mol. The summed E-state index contributed by atoms with van der Waals surface area (Å²) in [6.07, 6.45) is 9.54. The van der Waals surface area contributed by atoms with E-state index in [4.69, 9.17) is 11.6 Å². The van der Waals surface area contributed by atoms with Gasteiger partial charge in [0.1, 0.15) is 5.82 Å². The molecule has 1 fully saturated rings. The van der Waals surface area contributed by atoms with E-state index in [1.165, 1.54) is 5.57 Å². The van der Waals surface area contributed by atoms with Gasteiger partial charge in [0.05, 0.1) is 0 Å². The number of nitrogens with one attached hydrogen (secondary N) is 1. The minimum absolute atomic E-state index is 0.000190. The zero-order valence-corrected chi connectivity index (χ0v) is 17.2. The summed E-state index contributed by atoms with van der Waals surface area (Å²) in [5.41, 5.74) is 4.29. The molecule has 0 spiro atoms. The molecule has 6 heteroatoms. The molecule has 5 rings (SSSR count). The van der Waals surface area contributed by atoms with Gasteiger partial charge < -0.3 is 10.2 Å². The smallest absolute Gasteiger partial charge is 0.246 e. The summed E-state index contributed by atoms with van der Waals surface area (Å²) in [7, 11) is 0. The number of allylic oxidation sites excluding steroid dienone is 1. The van der Waals surface area contributed by atoms with Gasteiger partial charge in [-0.1, -0.05) is 35.9 Å². The predicted octanol–water partition coefficient (Wildman–Crippen LogP) is 4.19. The van der Waals surface area contributed by atoms with Gasteiger partial charge in [0.15, 0.2) is 0 Å². The molecule has 3 aliphatic rings. The van der Waals surface area contributed by atoms with E-state index in [2.05, 4.69) is 22.4 Å². The zero-order valence-electron chi connectivity index (χ0n) is 16.5. The topological polar surface area (TPSA) is 62.3 Å². The standard InChI is InChI=1S/C24H22ClN3O2/c25-21-4-2-1-3-20(21)17-10-18-13-28(14-19(18)11-17)23(30)8-5-15-9-16-6-7-22(29)27-24(16)26-12-15/h1-5,8-10,12,18-19H,6-7,11,13-14H2,(H,26,27,29). The Morgan fingerprint density at radius 3 is 2.93 bits per heavy atom. The number of carbonyl (C=O) groups excluding carboxylic acids is 2. The number of amides is 2. The lowest BCUT2D eigenvalue weighted by Crippen LogP contribution is -2.27. The lowest BCUT2D eigenvalue weighted by molar-refractivity contribution is -0.125. The predicted molar refractivity (Wildman–Crippen MR) is 118 cm³/mol. The minimum Gasteiger partial charge on any atom is -0.338 e. The Kier molecular flexibility index (Phi) is 4.91. The number of pyridine rings is 1. The van der Waals surface area contributed by atoms with E-state index in [1.54, 1.807) is 12.3 Å². The number of hydrogen-bond donors (Lipinski definition) is 1. The van der Waals surface area contributed by atoms with Gasteiger partial charge in [-0.2, -0.15) is 0 Å². The molecule has 1 aromatic heterocycles. The van der Waals surface area contributed by atoms with Gasteiger partial charge in [-0.05, 0) is 65.1 Å². The third-order valence-electron chi connectivity index (χ3n) is 6.21. The maximum absolute atomic E-state index is 12.7. The number of anilines is 1. The Balaban J connectivity index is 1.24. The molecule has 1 saturated heterocycles. The molecular formula is C24H22ClN3O2. The second-order valence-corrected chi connectivity index (χ2v) is 8.61. The van der Waals surface area contributed by atoms with Crippen LogP contribution < -0.4 is 5.32 Å². The molecule has 1 N–H and O–H groups in total. The molecule has 5 nitrogen and oxygen atoms in total. The van der Waals surface area contributed by atoms with Gasteiger partial charge in [-0.25, -0.2) is 4.98 Å². The van der Waals surface area contributed by atoms with Crippen molar-refractivity contribution >= 4 is 40.9 Å². The number of benzene rings is 1. The number of aryl methyl sites for hydroxylation is 1. The molecule has 0 bridgehead atoms. The molecule has 152 valence electrons. The molecule has 0 radical (unpaired) electrons. The van der Waals surface area contributed by atoms with Crippen LogP contribution in [0.2, 0.25) is 5.02 Å². The van der Waals surface area contributed by atoms with Crippen molar-refractivity contribution in [1.82, 2.24) is 9.88 Å². The van der Waals surface area contributed by atoms with Crippen molar-refractivity contribution in [3.8, 4) is 0 Å². The van der Waals surface area contributed by atoms with E-state index < -0.39 is 0 Å². The van der Waals surface area contributed by atoms with Crippen molar-refractivity contribution < 1.29 is 9.59 Å². The Morgan fingerprint density at radius 2 is 2.10 bits per heavy atom. The number of fused-ring (bicyclic) bond motifs is 2. The van der Waals surface area contributed by atoms with Crippen LogP contribution in [0.25, 0.3) is 11.6 Å². The fraction of sp³-hybridized carbons (Fsp3) is 0.292. The van der Waals surface area contributed by atoms with Gasteiger partial charge in [-0.15, -0.1) is 0 Å². The number of nitrogens with zero attached hydrogens (tertiary/aromatic N) is 2. The lowest BCUT2D eigenvalue weighted by Gasteiger charge is -2.16. The van der Waals surface area contributed by atoms with Crippen LogP contribution in [0.3, 0.4) is 0 Å². The van der Waals surface area contributed by atoms with Crippen molar-refractivity contribution in [3.63, 3.8) is 0 Å². The van der Waals surface area contributed by atoms with Gasteiger partial charge in [0.2, 0.25) is 11.8 Å². The summed E-state index contributed by atoms with van der Waals surface area (Å²) in [4.78, 5) is 30.4. The third kappa shape index (κ3) is 3.65. The highest BCUT2D eigenvalue weighted by atomic mass is 35.5. The maximum Gasteiger partial charge on any atom is 0.246 e. The second-order valence-electron chi connectivity index (χ2n) is 8.20. The Labute approximate surface area is 180 Å². The number of hydrogen-bond acceptors (Lipinski definition) is 3. The molecule has 30 heavy (non-hydrogen) atoms. The van der Waals surface area contributed by atoms with Crippen LogP contribution in [-0.4, -0.2) is 34.8 Å². The van der Waals surface area contributed by atoms with Crippen LogP contribution in [0.4, 0.5) is 5.82 Å². The SMILES string of the molecule is O=C1CCc2cc(C=CC(=O)N3CC4C=C(c5ccccc5Cl)CC4C3)cnc2N1. The molecule has 2 aliphatic heterocycles. The normalized spacial score (nSPS) is 22.6. The van der Waals surface area contributed by atoms with Crippen molar-refractivity contribution in [3.05, 3.63) is 70.4 Å². The van der Waals surface area contributed by atoms with Gasteiger partial charge in [0.25, 0.3) is 0 Å². The zero-order chi connectivity index (χ0) is 20.7. The van der Waals surface area contributed by atoms with E-state index in [-0.39, 0.29) is 11.8 Å². The number of likely N-dealkylation sites (tertiary alicyclic amines) is 1. The van der Waals surface area contributed by atoms with Crippen LogP contribution in [0.15, 0.2) is 48.7 Å². The fourth-order valence-electron chi connectivity index (χ4n) is 4.65. The van der Waals surface area contributed by atoms with Crippen LogP contribution in [0.5, 0.6) is 0 Å². The molecule has 2 unspecified atom stereocenters. The molecule has 2 atom stereocenters. The number of halogens is 1. The summed E-state index contributed by atoms with van der Waals surface area (Å²) >= 11 is 6.35. The van der Waals surface area contributed by atoms with Crippen molar-refractivity contribution in [1.29, 1.82) is 0 Å². The highest BCUT2D eigenvalue weighted by Gasteiger charge is 2.38. The molecule has 2 aromatic rings. The van der Waals surface area contributed by atoms with Crippen molar-refractivity contribution in [2.75, 3.05) is 18.4 Å². The van der Waals surface area contributed by atoms with Gasteiger partial charge in [0, 0.05) is 36.8 Å².